The van der Waals surface area contributed by atoms with E-state index < -0.39 is 10.2 Å². The maximum atomic E-state index is 12.4. The summed E-state index contributed by atoms with van der Waals surface area (Å²) < 4.78 is 29.2. The second-order valence-corrected chi connectivity index (χ2v) is 8.08. The summed E-state index contributed by atoms with van der Waals surface area (Å²) in [5.41, 5.74) is 3.30. The van der Waals surface area contributed by atoms with Gasteiger partial charge in [-0.25, -0.2) is 0 Å². The first-order valence-corrected chi connectivity index (χ1v) is 9.90. The van der Waals surface area contributed by atoms with Gasteiger partial charge in [0.1, 0.15) is 0 Å². The molecule has 0 radical (unpaired) electrons. The van der Waals surface area contributed by atoms with E-state index in [4.69, 9.17) is 0 Å². The van der Waals surface area contributed by atoms with Crippen LogP contribution in [0.25, 0.3) is 0 Å². The van der Waals surface area contributed by atoms with Crippen molar-refractivity contribution in [2.45, 2.75) is 64.3 Å². The van der Waals surface area contributed by atoms with Crippen molar-refractivity contribution in [1.29, 1.82) is 0 Å². The molecule has 0 atom stereocenters. The standard InChI is InChI=1S/C15H26N4O2S/c20-22(21,19-10-6-1-2-7-11-19)16-12-15-13-8-4-3-5-9-14(13)17-18-15/h16H,1-12H2,(H,17,18). The average Bonchev–Trinajstić information content (AvgIpc) is 2.74. The van der Waals surface area contributed by atoms with Gasteiger partial charge in [-0.05, 0) is 44.1 Å². The molecule has 0 spiro atoms. The van der Waals surface area contributed by atoms with Crippen LogP contribution in [0.3, 0.4) is 0 Å². The van der Waals surface area contributed by atoms with E-state index in [0.29, 0.717) is 19.6 Å². The van der Waals surface area contributed by atoms with Crippen molar-refractivity contribution in [3.63, 3.8) is 0 Å². The molecule has 0 unspecified atom stereocenters. The number of H-pyrrole nitrogens is 1. The predicted molar refractivity (Wildman–Crippen MR) is 85.6 cm³/mol. The van der Waals surface area contributed by atoms with E-state index in [-0.39, 0.29) is 0 Å². The fraction of sp³-hybridized carbons (Fsp3) is 0.800. The summed E-state index contributed by atoms with van der Waals surface area (Å²) in [5, 5.41) is 7.43. The third kappa shape index (κ3) is 3.70. The number of hydrogen-bond donors (Lipinski definition) is 2. The van der Waals surface area contributed by atoms with Crippen LogP contribution in [0.15, 0.2) is 0 Å². The molecule has 1 saturated heterocycles. The zero-order chi connectivity index (χ0) is 15.4. The molecular formula is C15H26N4O2S. The summed E-state index contributed by atoms with van der Waals surface area (Å²) in [6.45, 7) is 1.56. The first-order chi connectivity index (χ1) is 10.7. The Morgan fingerprint density at radius 2 is 1.68 bits per heavy atom. The van der Waals surface area contributed by atoms with E-state index in [1.807, 2.05) is 0 Å². The van der Waals surface area contributed by atoms with E-state index in [2.05, 4.69) is 14.9 Å². The van der Waals surface area contributed by atoms with Crippen molar-refractivity contribution in [2.75, 3.05) is 13.1 Å². The Hall–Kier alpha value is -0.920. The third-order valence-corrected chi connectivity index (χ3v) is 6.27. The van der Waals surface area contributed by atoms with E-state index in [9.17, 15) is 8.42 Å². The van der Waals surface area contributed by atoms with E-state index in [1.54, 1.807) is 4.31 Å². The van der Waals surface area contributed by atoms with Gasteiger partial charge < -0.3 is 0 Å². The number of fused-ring (bicyclic) bond motifs is 1. The topological polar surface area (TPSA) is 78.1 Å². The summed E-state index contributed by atoms with van der Waals surface area (Å²) in [6, 6.07) is 0. The van der Waals surface area contributed by atoms with E-state index in [1.165, 1.54) is 30.5 Å². The summed E-state index contributed by atoms with van der Waals surface area (Å²) in [5.74, 6) is 0. The number of aromatic amines is 1. The monoisotopic (exact) mass is 326 g/mol. The van der Waals surface area contributed by atoms with Gasteiger partial charge in [0, 0.05) is 18.8 Å². The highest BCUT2D eigenvalue weighted by molar-refractivity contribution is 7.87. The van der Waals surface area contributed by atoms with Gasteiger partial charge in [0.2, 0.25) is 0 Å². The molecule has 7 heteroatoms. The lowest BCUT2D eigenvalue weighted by Gasteiger charge is -2.20. The molecule has 2 heterocycles. The molecule has 124 valence electrons. The molecule has 1 aromatic heterocycles. The van der Waals surface area contributed by atoms with Gasteiger partial charge in [-0.2, -0.15) is 22.5 Å². The van der Waals surface area contributed by atoms with Gasteiger partial charge >= 0.3 is 0 Å². The van der Waals surface area contributed by atoms with Gasteiger partial charge in [0.15, 0.2) is 0 Å². The van der Waals surface area contributed by atoms with Crippen LogP contribution in [-0.2, 0) is 29.6 Å². The quantitative estimate of drug-likeness (QED) is 0.829. The molecule has 3 rings (SSSR count). The van der Waals surface area contributed by atoms with Crippen LogP contribution in [0, 0.1) is 0 Å². The highest BCUT2D eigenvalue weighted by atomic mass is 32.2. The normalized spacial score (nSPS) is 21.1. The largest absolute Gasteiger partial charge is 0.282 e. The van der Waals surface area contributed by atoms with E-state index >= 15 is 0 Å². The Balaban J connectivity index is 1.65. The summed E-state index contributed by atoms with van der Waals surface area (Å²) in [7, 11) is -3.39. The molecule has 1 aliphatic heterocycles. The number of aryl methyl sites for hydroxylation is 1. The van der Waals surface area contributed by atoms with Crippen LogP contribution in [0.4, 0.5) is 0 Å². The minimum Gasteiger partial charge on any atom is -0.282 e. The zero-order valence-corrected chi connectivity index (χ0v) is 13.9. The lowest BCUT2D eigenvalue weighted by molar-refractivity contribution is 0.414. The molecular weight excluding hydrogens is 300 g/mol. The molecule has 1 fully saturated rings. The van der Waals surface area contributed by atoms with Crippen molar-refractivity contribution in [2.24, 2.45) is 0 Å². The third-order valence-electron chi connectivity index (χ3n) is 4.72. The first-order valence-electron chi connectivity index (χ1n) is 8.46. The van der Waals surface area contributed by atoms with Crippen LogP contribution in [0.5, 0.6) is 0 Å². The number of nitrogens with one attached hydrogen (secondary N) is 2. The number of nitrogens with zero attached hydrogens (tertiary/aromatic N) is 2. The van der Waals surface area contributed by atoms with Gasteiger partial charge in [0.25, 0.3) is 10.2 Å². The molecule has 0 saturated carbocycles. The second-order valence-electron chi connectivity index (χ2n) is 6.33. The van der Waals surface area contributed by atoms with Gasteiger partial charge in [0.05, 0.1) is 12.2 Å². The predicted octanol–water partition coefficient (Wildman–Crippen LogP) is 1.89. The molecule has 2 aliphatic rings. The smallest absolute Gasteiger partial charge is 0.279 e. The maximum Gasteiger partial charge on any atom is 0.279 e. The van der Waals surface area contributed by atoms with Crippen LogP contribution >= 0.6 is 0 Å². The molecule has 0 bridgehead atoms. The minimum atomic E-state index is -3.39. The molecule has 0 amide bonds. The Morgan fingerprint density at radius 1 is 1.00 bits per heavy atom. The average molecular weight is 326 g/mol. The van der Waals surface area contributed by atoms with E-state index in [0.717, 1.165) is 44.2 Å². The number of rotatable bonds is 4. The first kappa shape index (κ1) is 16.0. The number of hydrogen-bond acceptors (Lipinski definition) is 3. The Labute approximate surface area is 132 Å². The molecule has 0 aromatic carbocycles. The fourth-order valence-corrected chi connectivity index (χ4v) is 4.65. The molecule has 2 N–H and O–H groups in total. The molecule has 6 nitrogen and oxygen atoms in total. The molecule has 1 aliphatic carbocycles. The summed E-state index contributed by atoms with van der Waals surface area (Å²) in [6.07, 6.45) is 9.79. The fourth-order valence-electron chi connectivity index (χ4n) is 3.41. The highest BCUT2D eigenvalue weighted by Gasteiger charge is 2.24. The minimum absolute atomic E-state index is 0.296. The molecule has 22 heavy (non-hydrogen) atoms. The SMILES string of the molecule is O=S(=O)(NCc1n[nH]c2c1CCCCC2)N1CCCCCC1. The van der Waals surface area contributed by atoms with Crippen LogP contribution in [0.1, 0.15) is 61.9 Å². The Kier molecular flexibility index (Phi) is 5.15. The zero-order valence-electron chi connectivity index (χ0n) is 13.1. The lowest BCUT2D eigenvalue weighted by Crippen LogP contribution is -2.41. The number of aromatic nitrogens is 2. The van der Waals surface area contributed by atoms with Crippen molar-refractivity contribution in [1.82, 2.24) is 19.2 Å². The van der Waals surface area contributed by atoms with Crippen molar-refractivity contribution in [3.05, 3.63) is 17.0 Å². The maximum absolute atomic E-state index is 12.4. The highest BCUT2D eigenvalue weighted by Crippen LogP contribution is 2.22. The van der Waals surface area contributed by atoms with Gasteiger partial charge in [-0.15, -0.1) is 0 Å². The summed E-state index contributed by atoms with van der Waals surface area (Å²) >= 11 is 0. The van der Waals surface area contributed by atoms with Crippen molar-refractivity contribution in [3.8, 4) is 0 Å². The van der Waals surface area contributed by atoms with Crippen LogP contribution < -0.4 is 4.72 Å². The summed E-state index contributed by atoms with van der Waals surface area (Å²) in [4.78, 5) is 0. The lowest BCUT2D eigenvalue weighted by atomic mass is 10.1. The van der Waals surface area contributed by atoms with Crippen molar-refractivity contribution >= 4 is 10.2 Å². The second kappa shape index (κ2) is 7.10. The Bertz CT molecular complexity index is 589. The molecule has 1 aromatic rings. The Morgan fingerprint density at radius 3 is 2.45 bits per heavy atom. The van der Waals surface area contributed by atoms with Gasteiger partial charge in [-0.3, -0.25) is 5.10 Å². The van der Waals surface area contributed by atoms with Crippen molar-refractivity contribution < 1.29 is 8.42 Å². The van der Waals surface area contributed by atoms with Crippen LogP contribution in [-0.4, -0.2) is 36.0 Å². The van der Waals surface area contributed by atoms with Crippen LogP contribution in [0.2, 0.25) is 0 Å². The van der Waals surface area contributed by atoms with Gasteiger partial charge in [-0.1, -0.05) is 19.3 Å².